The summed E-state index contributed by atoms with van der Waals surface area (Å²) in [5.74, 6) is 0. The van der Waals surface area contributed by atoms with Crippen LogP contribution in [0.15, 0.2) is 9.00 Å². The summed E-state index contributed by atoms with van der Waals surface area (Å²) in [5.41, 5.74) is 0.292. The van der Waals surface area contributed by atoms with Crippen LogP contribution in [0.3, 0.4) is 0 Å². The Bertz CT molecular complexity index is 639. The van der Waals surface area contributed by atoms with Crippen molar-refractivity contribution in [3.63, 3.8) is 0 Å². The maximum absolute atomic E-state index is 11.8. The Morgan fingerprint density at radius 3 is 2.69 bits per heavy atom. The Balaban J connectivity index is 2.40. The van der Waals surface area contributed by atoms with Crippen LogP contribution in [0.4, 0.5) is 5.13 Å². The molecule has 0 saturated carbocycles. The van der Waals surface area contributed by atoms with E-state index >= 15 is 0 Å². The molecule has 86 valence electrons. The summed E-state index contributed by atoms with van der Waals surface area (Å²) >= 11 is 1.43. The van der Waals surface area contributed by atoms with Gasteiger partial charge in [0, 0.05) is 17.2 Å². The molecule has 0 bridgehead atoms. The number of hydrogen-bond acceptors (Lipinski definition) is 8. The predicted molar refractivity (Wildman–Crippen MR) is 58.2 cm³/mol. The van der Waals surface area contributed by atoms with Gasteiger partial charge in [-0.25, -0.2) is 8.42 Å². The smallest absolute Gasteiger partial charge is 0.306 e. The van der Waals surface area contributed by atoms with Crippen LogP contribution in [-0.2, 0) is 10.0 Å². The van der Waals surface area contributed by atoms with E-state index in [0.29, 0.717) is 17.0 Å². The maximum Gasteiger partial charge on any atom is 0.306 e. The summed E-state index contributed by atoms with van der Waals surface area (Å²) in [4.78, 5) is 13.0. The van der Waals surface area contributed by atoms with Crippen LogP contribution in [0, 0.1) is 6.92 Å². The number of aromatic amines is 1. The molecular formula is C5H5N5O3S3. The number of aromatic nitrogens is 4. The summed E-state index contributed by atoms with van der Waals surface area (Å²) in [6.07, 6.45) is 0. The van der Waals surface area contributed by atoms with Gasteiger partial charge in [0.25, 0.3) is 10.0 Å². The molecule has 8 nitrogen and oxygen atoms in total. The summed E-state index contributed by atoms with van der Waals surface area (Å²) in [5, 5.41) is 6.76. The minimum atomic E-state index is -3.79. The summed E-state index contributed by atoms with van der Waals surface area (Å²) < 4.78 is 29.1. The Morgan fingerprint density at radius 2 is 2.19 bits per heavy atom. The van der Waals surface area contributed by atoms with E-state index in [1.54, 1.807) is 0 Å². The largest absolute Gasteiger partial charge is 0.315 e. The lowest BCUT2D eigenvalue weighted by Gasteiger charge is -2.01. The molecule has 0 aliphatic heterocycles. The van der Waals surface area contributed by atoms with Crippen molar-refractivity contribution in [3.05, 3.63) is 15.4 Å². The maximum atomic E-state index is 11.8. The van der Waals surface area contributed by atoms with E-state index in [1.165, 1.54) is 6.92 Å². The lowest BCUT2D eigenvalue weighted by Crippen LogP contribution is -2.12. The molecule has 0 fully saturated rings. The topological polar surface area (TPSA) is 118 Å². The fourth-order valence-corrected chi connectivity index (χ4v) is 3.87. The Labute approximate surface area is 97.6 Å². The molecule has 0 spiro atoms. The standard InChI is InChI=1S/C5H5N5O3S3/c1-2-3(14-5(11)6-2)16(12,13)8-4-7-9-10-15-4/h1H3,(H,6,11)(H,7,8,10). The highest BCUT2D eigenvalue weighted by molar-refractivity contribution is 7.94. The molecule has 0 saturated heterocycles. The number of H-pyrrole nitrogens is 1. The van der Waals surface area contributed by atoms with Crippen molar-refractivity contribution in [1.82, 2.24) is 19.8 Å². The Morgan fingerprint density at radius 1 is 1.44 bits per heavy atom. The van der Waals surface area contributed by atoms with Crippen LogP contribution >= 0.6 is 22.9 Å². The van der Waals surface area contributed by atoms with Gasteiger partial charge in [0.1, 0.15) is 0 Å². The normalized spacial score (nSPS) is 11.6. The van der Waals surface area contributed by atoms with Gasteiger partial charge in [-0.05, 0) is 12.1 Å². The van der Waals surface area contributed by atoms with Gasteiger partial charge in [-0.1, -0.05) is 20.9 Å². The van der Waals surface area contributed by atoms with Crippen molar-refractivity contribution in [3.8, 4) is 0 Å². The summed E-state index contributed by atoms with van der Waals surface area (Å²) in [7, 11) is -3.79. The third kappa shape index (κ3) is 2.10. The Hall–Kier alpha value is -1.33. The molecule has 11 heteroatoms. The highest BCUT2D eigenvalue weighted by atomic mass is 32.2. The zero-order valence-corrected chi connectivity index (χ0v) is 10.2. The Kier molecular flexibility index (Phi) is 2.73. The number of hydrogen-bond donors (Lipinski definition) is 2. The molecule has 0 aliphatic carbocycles. The van der Waals surface area contributed by atoms with Crippen molar-refractivity contribution in [2.45, 2.75) is 11.1 Å². The highest BCUT2D eigenvalue weighted by Gasteiger charge is 2.21. The van der Waals surface area contributed by atoms with Gasteiger partial charge in [0.2, 0.25) is 5.13 Å². The number of nitrogens with zero attached hydrogens (tertiary/aromatic N) is 3. The molecule has 2 aromatic heterocycles. The molecule has 0 aromatic carbocycles. The third-order valence-electron chi connectivity index (χ3n) is 1.55. The van der Waals surface area contributed by atoms with Crippen molar-refractivity contribution in [2.24, 2.45) is 0 Å². The molecule has 0 aliphatic rings. The zero-order chi connectivity index (χ0) is 11.8. The van der Waals surface area contributed by atoms with Crippen LogP contribution in [-0.4, -0.2) is 28.2 Å². The molecule has 0 radical (unpaired) electrons. The first-order chi connectivity index (χ1) is 7.49. The third-order valence-corrected chi connectivity index (χ3v) is 5.13. The van der Waals surface area contributed by atoms with Crippen molar-refractivity contribution in [2.75, 3.05) is 4.72 Å². The molecule has 2 rings (SSSR count). The minimum absolute atomic E-state index is 0.0558. The molecule has 16 heavy (non-hydrogen) atoms. The minimum Gasteiger partial charge on any atom is -0.315 e. The van der Waals surface area contributed by atoms with Gasteiger partial charge in [0.05, 0.1) is 0 Å². The van der Waals surface area contributed by atoms with E-state index < -0.39 is 14.9 Å². The van der Waals surface area contributed by atoms with Crippen molar-refractivity contribution < 1.29 is 8.42 Å². The lowest BCUT2D eigenvalue weighted by atomic mass is 10.6. The first-order valence-corrected chi connectivity index (χ1v) is 6.94. The van der Waals surface area contributed by atoms with Gasteiger partial charge >= 0.3 is 4.87 Å². The van der Waals surface area contributed by atoms with Gasteiger partial charge in [-0.15, -0.1) is 0 Å². The fourth-order valence-electron chi connectivity index (χ4n) is 0.981. The van der Waals surface area contributed by atoms with Crippen molar-refractivity contribution in [1.29, 1.82) is 0 Å². The SMILES string of the molecule is Cc1[nH]c(=O)sc1S(=O)(=O)Nc1nnns1. The van der Waals surface area contributed by atoms with E-state index in [-0.39, 0.29) is 9.34 Å². The predicted octanol–water partition coefficient (Wildman–Crippen LogP) is -0.208. The van der Waals surface area contributed by atoms with Gasteiger partial charge < -0.3 is 4.98 Å². The second-order valence-electron chi connectivity index (χ2n) is 2.70. The average molecular weight is 279 g/mol. The number of thiazole rings is 1. The second-order valence-corrected chi connectivity index (χ2v) is 6.29. The molecule has 0 amide bonds. The number of aryl methyl sites for hydroxylation is 1. The number of sulfonamides is 1. The quantitative estimate of drug-likeness (QED) is 0.802. The number of anilines is 1. The van der Waals surface area contributed by atoms with E-state index in [9.17, 15) is 13.2 Å². The molecular weight excluding hydrogens is 274 g/mol. The van der Waals surface area contributed by atoms with E-state index in [2.05, 4.69) is 24.5 Å². The van der Waals surface area contributed by atoms with E-state index in [0.717, 1.165) is 11.5 Å². The first kappa shape index (κ1) is 11.2. The monoisotopic (exact) mass is 279 g/mol. The fraction of sp³-hybridized carbons (Fsp3) is 0.200. The van der Waals surface area contributed by atoms with Crippen LogP contribution in [0.1, 0.15) is 5.69 Å². The van der Waals surface area contributed by atoms with Gasteiger partial charge in [-0.3, -0.25) is 9.52 Å². The van der Waals surface area contributed by atoms with E-state index in [4.69, 9.17) is 0 Å². The average Bonchev–Trinajstić information content (AvgIpc) is 2.75. The van der Waals surface area contributed by atoms with Gasteiger partial charge in [0.15, 0.2) is 4.21 Å². The van der Waals surface area contributed by atoms with Crippen LogP contribution in [0.2, 0.25) is 0 Å². The van der Waals surface area contributed by atoms with Crippen LogP contribution in [0.5, 0.6) is 0 Å². The molecule has 2 N–H and O–H groups in total. The number of rotatable bonds is 3. The zero-order valence-electron chi connectivity index (χ0n) is 7.79. The molecule has 2 aromatic rings. The van der Waals surface area contributed by atoms with Crippen LogP contribution < -0.4 is 9.60 Å². The first-order valence-electron chi connectivity index (χ1n) is 3.86. The number of nitrogens with one attached hydrogen (secondary N) is 2. The summed E-state index contributed by atoms with van der Waals surface area (Å²) in [6, 6.07) is 0. The second kappa shape index (κ2) is 3.92. The van der Waals surface area contributed by atoms with Gasteiger partial charge in [-0.2, -0.15) is 0 Å². The van der Waals surface area contributed by atoms with E-state index in [1.807, 2.05) is 0 Å². The highest BCUT2D eigenvalue weighted by Crippen LogP contribution is 2.19. The van der Waals surface area contributed by atoms with Crippen molar-refractivity contribution >= 4 is 38.0 Å². The van der Waals surface area contributed by atoms with Crippen LogP contribution in [0.25, 0.3) is 0 Å². The lowest BCUT2D eigenvalue weighted by molar-refractivity contribution is 0.602. The molecule has 2 heterocycles. The molecule has 0 atom stereocenters. The molecule has 0 unspecified atom stereocenters. The summed E-state index contributed by atoms with van der Waals surface area (Å²) in [6.45, 7) is 1.50.